The summed E-state index contributed by atoms with van der Waals surface area (Å²) in [4.78, 5) is 36.5. The largest absolute Gasteiger partial charge is 0.326 e. The van der Waals surface area contributed by atoms with E-state index >= 15 is 0 Å². The fraction of sp³-hybridized carbons (Fsp3) is 0.200. The van der Waals surface area contributed by atoms with Crippen LogP contribution in [0.3, 0.4) is 0 Å². The first kappa shape index (κ1) is 22.3. The van der Waals surface area contributed by atoms with E-state index in [0.717, 1.165) is 21.7 Å². The van der Waals surface area contributed by atoms with Crippen molar-refractivity contribution in [3.05, 3.63) is 57.8 Å². The van der Waals surface area contributed by atoms with Crippen molar-refractivity contribution in [1.82, 2.24) is 16.2 Å². The maximum absolute atomic E-state index is 12.0. The summed E-state index contributed by atoms with van der Waals surface area (Å²) in [7, 11) is 0. The van der Waals surface area contributed by atoms with Gasteiger partial charge in [0.15, 0.2) is 5.11 Å². The van der Waals surface area contributed by atoms with Crippen LogP contribution in [0.4, 0.5) is 5.69 Å². The fourth-order valence-electron chi connectivity index (χ4n) is 2.31. The van der Waals surface area contributed by atoms with Crippen LogP contribution >= 0.6 is 23.6 Å². The van der Waals surface area contributed by atoms with Gasteiger partial charge in [-0.3, -0.25) is 30.6 Å². The first-order valence-electron chi connectivity index (χ1n) is 8.82. The lowest BCUT2D eigenvalue weighted by molar-refractivity contribution is -0.124. The third-order valence-electron chi connectivity index (χ3n) is 3.73. The molecule has 0 radical (unpaired) electrons. The first-order chi connectivity index (χ1) is 13.8. The number of benzene rings is 1. The summed E-state index contributed by atoms with van der Waals surface area (Å²) >= 11 is 6.44. The second-order valence-electron chi connectivity index (χ2n) is 6.21. The molecule has 1 aromatic carbocycles. The average Bonchev–Trinajstić information content (AvgIpc) is 3.19. The summed E-state index contributed by atoms with van der Waals surface area (Å²) in [5, 5.41) is 7.05. The van der Waals surface area contributed by atoms with Crippen LogP contribution in [0.1, 0.15) is 28.8 Å². The van der Waals surface area contributed by atoms with Gasteiger partial charge in [0.25, 0.3) is 0 Å². The molecule has 0 aliphatic rings. The topological polar surface area (TPSA) is 99.3 Å². The van der Waals surface area contributed by atoms with Gasteiger partial charge < -0.3 is 5.32 Å². The van der Waals surface area contributed by atoms with Crippen LogP contribution in [0.5, 0.6) is 0 Å². The molecule has 4 N–H and O–H groups in total. The normalized spacial score (nSPS) is 10.4. The quantitative estimate of drug-likeness (QED) is 0.321. The third-order valence-corrected chi connectivity index (χ3v) is 4.77. The number of nitrogens with one attached hydrogen (secondary N) is 4. The van der Waals surface area contributed by atoms with Gasteiger partial charge in [-0.1, -0.05) is 23.8 Å². The Labute approximate surface area is 178 Å². The van der Waals surface area contributed by atoms with E-state index in [9.17, 15) is 14.4 Å². The average molecular weight is 431 g/mol. The highest BCUT2D eigenvalue weighted by Crippen LogP contribution is 2.16. The number of aryl methyl sites for hydroxylation is 2. The van der Waals surface area contributed by atoms with Crippen molar-refractivity contribution < 1.29 is 14.4 Å². The van der Waals surface area contributed by atoms with Crippen molar-refractivity contribution in [1.29, 1.82) is 0 Å². The van der Waals surface area contributed by atoms with Crippen LogP contribution in [0.25, 0.3) is 6.08 Å². The van der Waals surface area contributed by atoms with E-state index in [4.69, 9.17) is 12.2 Å². The van der Waals surface area contributed by atoms with Gasteiger partial charge in [0.1, 0.15) is 0 Å². The maximum Gasteiger partial charge on any atom is 0.250 e. The molecule has 1 heterocycles. The third kappa shape index (κ3) is 8.24. The number of carbonyl (C=O) groups is 3. The van der Waals surface area contributed by atoms with Gasteiger partial charge in [0.2, 0.25) is 17.7 Å². The molecule has 0 saturated heterocycles. The van der Waals surface area contributed by atoms with Crippen molar-refractivity contribution in [2.24, 2.45) is 0 Å². The molecule has 0 fully saturated rings. The zero-order valence-electron chi connectivity index (χ0n) is 16.1. The summed E-state index contributed by atoms with van der Waals surface area (Å²) in [5.74, 6) is -1.11. The molecule has 2 aromatic rings. The predicted octanol–water partition coefficient (Wildman–Crippen LogP) is 2.82. The summed E-state index contributed by atoms with van der Waals surface area (Å²) in [6.07, 6.45) is 3.00. The molecule has 29 heavy (non-hydrogen) atoms. The van der Waals surface area contributed by atoms with Gasteiger partial charge in [-0.05, 0) is 55.2 Å². The van der Waals surface area contributed by atoms with Gasteiger partial charge in [-0.15, -0.1) is 11.3 Å². The number of thiocarbonyl (C=S) groups is 1. The Morgan fingerprint density at radius 2 is 1.83 bits per heavy atom. The molecule has 0 aliphatic carbocycles. The molecule has 7 nitrogen and oxygen atoms in total. The van der Waals surface area contributed by atoms with Gasteiger partial charge in [0.05, 0.1) is 0 Å². The first-order valence-corrected chi connectivity index (χ1v) is 10.1. The molecular weight excluding hydrogens is 408 g/mol. The van der Waals surface area contributed by atoms with E-state index in [0.29, 0.717) is 0 Å². The Hall–Kier alpha value is -3.04. The van der Waals surface area contributed by atoms with Crippen LogP contribution in [-0.4, -0.2) is 22.8 Å². The molecule has 1 aromatic heterocycles. The van der Waals surface area contributed by atoms with Gasteiger partial charge in [-0.2, -0.15) is 0 Å². The lowest BCUT2D eigenvalue weighted by Gasteiger charge is -2.11. The Bertz CT molecular complexity index is 924. The monoisotopic (exact) mass is 430 g/mol. The zero-order chi connectivity index (χ0) is 21.2. The minimum atomic E-state index is -0.425. The maximum atomic E-state index is 12.0. The van der Waals surface area contributed by atoms with Crippen molar-refractivity contribution in [3.8, 4) is 0 Å². The molecule has 0 saturated carbocycles. The molecule has 2 rings (SSSR count). The van der Waals surface area contributed by atoms with Crippen LogP contribution in [0.2, 0.25) is 0 Å². The van der Waals surface area contributed by atoms with Gasteiger partial charge in [-0.25, -0.2) is 0 Å². The van der Waals surface area contributed by atoms with E-state index in [-0.39, 0.29) is 23.9 Å². The number of hydrazine groups is 1. The van der Waals surface area contributed by atoms with Crippen molar-refractivity contribution in [3.63, 3.8) is 0 Å². The highest BCUT2D eigenvalue weighted by atomic mass is 32.1. The minimum absolute atomic E-state index is 0.0174. The van der Waals surface area contributed by atoms with E-state index in [1.54, 1.807) is 6.08 Å². The van der Waals surface area contributed by atoms with Crippen molar-refractivity contribution >= 4 is 58.2 Å². The lowest BCUT2D eigenvalue weighted by Crippen LogP contribution is -2.48. The number of rotatable bonds is 6. The summed E-state index contributed by atoms with van der Waals surface area (Å²) < 4.78 is 0. The molecule has 0 aliphatic heterocycles. The molecule has 0 spiro atoms. The second-order valence-corrected chi connectivity index (χ2v) is 7.59. The number of hydrogen-bond donors (Lipinski definition) is 4. The Morgan fingerprint density at radius 3 is 2.52 bits per heavy atom. The summed E-state index contributed by atoms with van der Waals surface area (Å²) in [5.41, 5.74) is 7.57. The number of amides is 3. The Kier molecular flexibility index (Phi) is 8.50. The van der Waals surface area contributed by atoms with E-state index in [1.165, 1.54) is 17.4 Å². The van der Waals surface area contributed by atoms with Crippen LogP contribution in [0.15, 0.2) is 41.8 Å². The van der Waals surface area contributed by atoms with Crippen LogP contribution in [0, 0.1) is 13.8 Å². The van der Waals surface area contributed by atoms with Crippen LogP contribution < -0.4 is 21.5 Å². The number of thiophene rings is 1. The molecule has 0 unspecified atom stereocenters. The van der Waals surface area contributed by atoms with Crippen LogP contribution in [-0.2, 0) is 14.4 Å². The van der Waals surface area contributed by atoms with E-state index in [2.05, 4.69) is 21.5 Å². The van der Waals surface area contributed by atoms with Crippen molar-refractivity contribution in [2.45, 2.75) is 26.7 Å². The second kappa shape index (κ2) is 11.1. The van der Waals surface area contributed by atoms with E-state index in [1.807, 2.05) is 49.6 Å². The van der Waals surface area contributed by atoms with Gasteiger partial charge >= 0.3 is 0 Å². The summed E-state index contributed by atoms with van der Waals surface area (Å²) in [6, 6.07) is 9.47. The van der Waals surface area contributed by atoms with E-state index < -0.39 is 11.8 Å². The van der Waals surface area contributed by atoms with Crippen molar-refractivity contribution in [2.75, 3.05) is 5.32 Å². The fourth-order valence-corrected chi connectivity index (χ4v) is 3.08. The number of hydrogen-bond acceptors (Lipinski definition) is 5. The minimum Gasteiger partial charge on any atom is -0.326 e. The molecule has 0 atom stereocenters. The number of anilines is 1. The molecular formula is C20H22N4O3S2. The number of carbonyl (C=O) groups excluding carboxylic acids is 3. The molecule has 0 bridgehead atoms. The Morgan fingerprint density at radius 1 is 1.07 bits per heavy atom. The molecule has 9 heteroatoms. The Balaban J connectivity index is 1.66. The SMILES string of the molecule is Cc1ccc(NC(=O)CCC(=O)NNC(=S)NC(=O)C=Cc2cccs2)c(C)c1. The highest BCUT2D eigenvalue weighted by molar-refractivity contribution is 7.80. The zero-order valence-corrected chi connectivity index (χ0v) is 17.7. The molecule has 152 valence electrons. The standard InChI is InChI=1S/C20H22N4O3S2/c1-13-5-7-16(14(2)12-13)21-17(25)9-10-19(27)23-24-20(28)22-18(26)8-6-15-4-3-11-29-15/h3-8,11-12H,9-10H2,1-2H3,(H,21,25)(H,23,27)(H2,22,24,26,28). The van der Waals surface area contributed by atoms with Gasteiger partial charge in [0, 0.05) is 29.5 Å². The lowest BCUT2D eigenvalue weighted by atomic mass is 10.1. The smallest absolute Gasteiger partial charge is 0.250 e. The molecule has 3 amide bonds. The highest BCUT2D eigenvalue weighted by Gasteiger charge is 2.09. The summed E-state index contributed by atoms with van der Waals surface area (Å²) in [6.45, 7) is 3.88. The predicted molar refractivity (Wildman–Crippen MR) is 119 cm³/mol.